The first-order chi connectivity index (χ1) is 11.7. The Morgan fingerprint density at radius 3 is 2.12 bits per heavy atom. The van der Waals surface area contributed by atoms with Crippen LogP contribution in [0.2, 0.25) is 0 Å². The molecule has 24 heavy (non-hydrogen) atoms. The van der Waals surface area contributed by atoms with Gasteiger partial charge in [0.05, 0.1) is 0 Å². The van der Waals surface area contributed by atoms with Crippen molar-refractivity contribution in [3.63, 3.8) is 0 Å². The largest absolute Gasteiger partial charge is 0.461 e. The fourth-order valence-electron chi connectivity index (χ4n) is 2.09. The maximum absolute atomic E-state index is 11.6. The van der Waals surface area contributed by atoms with Gasteiger partial charge >= 0.3 is 12.0 Å². The molecular weight excluding hydrogens is 304 g/mol. The number of rotatable bonds is 8. The smallest absolute Gasteiger partial charge is 0.315 e. The molecule has 0 heterocycles. The van der Waals surface area contributed by atoms with Crippen molar-refractivity contribution in [3.05, 3.63) is 71.8 Å². The molecule has 0 bridgehead atoms. The van der Waals surface area contributed by atoms with E-state index in [0.717, 1.165) is 11.1 Å². The van der Waals surface area contributed by atoms with E-state index in [1.54, 1.807) is 0 Å². The zero-order valence-electron chi connectivity index (χ0n) is 13.5. The lowest BCUT2D eigenvalue weighted by Gasteiger charge is -2.08. The van der Waals surface area contributed by atoms with Gasteiger partial charge < -0.3 is 15.4 Å². The summed E-state index contributed by atoms with van der Waals surface area (Å²) in [5, 5.41) is 5.49. The van der Waals surface area contributed by atoms with Crippen LogP contribution in [0, 0.1) is 0 Å². The van der Waals surface area contributed by atoms with E-state index in [1.165, 1.54) is 0 Å². The van der Waals surface area contributed by atoms with E-state index in [-0.39, 0.29) is 25.0 Å². The minimum atomic E-state index is -0.259. The van der Waals surface area contributed by atoms with E-state index >= 15 is 0 Å². The number of hydrogen-bond donors (Lipinski definition) is 2. The number of benzene rings is 2. The lowest BCUT2D eigenvalue weighted by molar-refractivity contribution is -0.145. The van der Waals surface area contributed by atoms with Crippen LogP contribution >= 0.6 is 0 Å². The third-order valence-corrected chi connectivity index (χ3v) is 3.38. The molecule has 0 radical (unpaired) electrons. The quantitative estimate of drug-likeness (QED) is 0.579. The van der Waals surface area contributed by atoms with Gasteiger partial charge in [-0.3, -0.25) is 4.79 Å². The summed E-state index contributed by atoms with van der Waals surface area (Å²) in [6.45, 7) is 1.19. The average Bonchev–Trinajstić information content (AvgIpc) is 2.63. The molecule has 0 saturated carbocycles. The molecule has 0 aliphatic carbocycles. The minimum absolute atomic E-state index is 0.239. The van der Waals surface area contributed by atoms with Crippen molar-refractivity contribution in [1.82, 2.24) is 10.6 Å². The van der Waals surface area contributed by atoms with Crippen LogP contribution in [0.1, 0.15) is 24.0 Å². The molecule has 2 aromatic rings. The van der Waals surface area contributed by atoms with Gasteiger partial charge in [0.2, 0.25) is 0 Å². The van der Waals surface area contributed by atoms with Crippen LogP contribution in [0.3, 0.4) is 0 Å². The molecule has 5 heteroatoms. The van der Waals surface area contributed by atoms with Crippen LogP contribution in [0.15, 0.2) is 60.7 Å². The Kier molecular flexibility index (Phi) is 7.34. The van der Waals surface area contributed by atoms with Crippen molar-refractivity contribution in [1.29, 1.82) is 0 Å². The number of carbonyl (C=O) groups excluding carboxylic acids is 2. The van der Waals surface area contributed by atoms with Crippen molar-refractivity contribution < 1.29 is 14.3 Å². The van der Waals surface area contributed by atoms with Gasteiger partial charge in [0.25, 0.3) is 0 Å². The molecule has 0 spiro atoms. The Morgan fingerprint density at radius 2 is 1.46 bits per heavy atom. The Balaban J connectivity index is 1.52. The predicted molar refractivity (Wildman–Crippen MR) is 92.2 cm³/mol. The van der Waals surface area contributed by atoms with Gasteiger partial charge in [0.15, 0.2) is 0 Å². The third-order valence-electron chi connectivity index (χ3n) is 3.38. The number of urea groups is 1. The van der Waals surface area contributed by atoms with Gasteiger partial charge in [0, 0.05) is 19.5 Å². The first-order valence-electron chi connectivity index (χ1n) is 7.99. The molecule has 0 aliphatic heterocycles. The van der Waals surface area contributed by atoms with Crippen LogP contribution in [-0.4, -0.2) is 18.5 Å². The Hall–Kier alpha value is -2.82. The number of amides is 2. The second kappa shape index (κ2) is 10.0. The normalized spacial score (nSPS) is 10.0. The summed E-state index contributed by atoms with van der Waals surface area (Å²) in [7, 11) is 0. The molecule has 0 fully saturated rings. The fraction of sp³-hybridized carbons (Fsp3) is 0.263. The zero-order chi connectivity index (χ0) is 17.0. The van der Waals surface area contributed by atoms with Crippen molar-refractivity contribution >= 4 is 12.0 Å². The maximum atomic E-state index is 11.6. The second-order valence-electron chi connectivity index (χ2n) is 5.34. The molecular formula is C19H22N2O3. The van der Waals surface area contributed by atoms with E-state index in [2.05, 4.69) is 10.6 Å². The zero-order valence-corrected chi connectivity index (χ0v) is 13.5. The summed E-state index contributed by atoms with van der Waals surface area (Å²) >= 11 is 0. The average molecular weight is 326 g/mol. The van der Waals surface area contributed by atoms with E-state index in [9.17, 15) is 9.59 Å². The van der Waals surface area contributed by atoms with Crippen LogP contribution in [0.4, 0.5) is 4.79 Å². The molecule has 0 aromatic heterocycles. The summed E-state index contributed by atoms with van der Waals surface area (Å²) in [5.74, 6) is -0.259. The molecule has 2 rings (SSSR count). The highest BCUT2D eigenvalue weighted by atomic mass is 16.5. The van der Waals surface area contributed by atoms with Gasteiger partial charge in [-0.2, -0.15) is 0 Å². The molecule has 126 valence electrons. The highest BCUT2D eigenvalue weighted by molar-refractivity contribution is 5.74. The van der Waals surface area contributed by atoms with E-state index in [1.807, 2.05) is 60.7 Å². The third kappa shape index (κ3) is 6.96. The summed E-state index contributed by atoms with van der Waals surface area (Å²) in [4.78, 5) is 23.3. The molecule has 5 nitrogen and oxygen atoms in total. The lowest BCUT2D eigenvalue weighted by atomic mass is 10.2. The maximum Gasteiger partial charge on any atom is 0.315 e. The SMILES string of the molecule is O=C(NCCCC(=O)OCc1ccccc1)NCc1ccccc1. The van der Waals surface area contributed by atoms with Gasteiger partial charge in [0.1, 0.15) is 6.61 Å². The van der Waals surface area contributed by atoms with Gasteiger partial charge in [-0.25, -0.2) is 4.79 Å². The highest BCUT2D eigenvalue weighted by Crippen LogP contribution is 2.02. The van der Waals surface area contributed by atoms with Crippen LogP contribution in [0.25, 0.3) is 0 Å². The first-order valence-corrected chi connectivity index (χ1v) is 7.99. The fourth-order valence-corrected chi connectivity index (χ4v) is 2.09. The van der Waals surface area contributed by atoms with Gasteiger partial charge in [-0.1, -0.05) is 60.7 Å². The minimum Gasteiger partial charge on any atom is -0.461 e. The lowest BCUT2D eigenvalue weighted by Crippen LogP contribution is -2.35. The van der Waals surface area contributed by atoms with Crippen molar-refractivity contribution in [2.75, 3.05) is 6.54 Å². The van der Waals surface area contributed by atoms with E-state index < -0.39 is 0 Å². The molecule has 0 aliphatic rings. The topological polar surface area (TPSA) is 67.4 Å². The Labute approximate surface area is 142 Å². The van der Waals surface area contributed by atoms with Gasteiger partial charge in [-0.15, -0.1) is 0 Å². The molecule has 2 N–H and O–H groups in total. The number of nitrogens with one attached hydrogen (secondary N) is 2. The molecule has 0 saturated heterocycles. The van der Waals surface area contributed by atoms with E-state index in [4.69, 9.17) is 4.74 Å². The van der Waals surface area contributed by atoms with Crippen LogP contribution < -0.4 is 10.6 Å². The second-order valence-corrected chi connectivity index (χ2v) is 5.34. The first kappa shape index (κ1) is 17.5. The summed E-state index contributed by atoms with van der Waals surface area (Å²) in [6, 6.07) is 19.0. The Morgan fingerprint density at radius 1 is 0.833 bits per heavy atom. The number of hydrogen-bond acceptors (Lipinski definition) is 3. The molecule has 0 unspecified atom stereocenters. The summed E-state index contributed by atoms with van der Waals surface area (Å²) in [5.41, 5.74) is 2.00. The van der Waals surface area contributed by atoms with Crippen molar-refractivity contribution in [3.8, 4) is 0 Å². The Bertz CT molecular complexity index is 572. The molecule has 0 atom stereocenters. The standard InChI is InChI=1S/C19H22N2O3/c22-18(24-15-17-10-5-2-6-11-17)12-7-13-20-19(23)21-14-16-8-3-1-4-9-16/h1-6,8-11H,7,12-15H2,(H2,20,21,23). The monoisotopic (exact) mass is 326 g/mol. The molecule has 2 amide bonds. The number of esters is 1. The number of carbonyl (C=O) groups is 2. The summed E-state index contributed by atoms with van der Waals surface area (Å²) < 4.78 is 5.17. The predicted octanol–water partition coefficient (Wildman–Crippen LogP) is 3.01. The van der Waals surface area contributed by atoms with E-state index in [0.29, 0.717) is 19.5 Å². The highest BCUT2D eigenvalue weighted by Gasteiger charge is 2.04. The summed E-state index contributed by atoms with van der Waals surface area (Å²) in [6.07, 6.45) is 0.832. The van der Waals surface area contributed by atoms with Gasteiger partial charge in [-0.05, 0) is 17.5 Å². The number of ether oxygens (including phenoxy) is 1. The van der Waals surface area contributed by atoms with Crippen molar-refractivity contribution in [2.24, 2.45) is 0 Å². The van der Waals surface area contributed by atoms with Crippen LogP contribution in [-0.2, 0) is 22.7 Å². The van der Waals surface area contributed by atoms with Crippen LogP contribution in [0.5, 0.6) is 0 Å². The molecule has 2 aromatic carbocycles. The van der Waals surface area contributed by atoms with Crippen molar-refractivity contribution in [2.45, 2.75) is 26.0 Å².